The SMILES string of the molecule is CCCCOc1ccc(S(=O)(=O)Nc2nnc(C(C)(C)C)s2)cc1. The number of sulfonamides is 1. The molecule has 6 nitrogen and oxygen atoms in total. The van der Waals surface area contributed by atoms with E-state index in [1.54, 1.807) is 12.1 Å². The van der Waals surface area contributed by atoms with Gasteiger partial charge in [-0.1, -0.05) is 45.5 Å². The molecule has 24 heavy (non-hydrogen) atoms. The first-order valence-electron chi connectivity index (χ1n) is 7.82. The monoisotopic (exact) mass is 369 g/mol. The molecule has 1 aromatic carbocycles. The molecule has 1 aromatic heterocycles. The van der Waals surface area contributed by atoms with Crippen LogP contribution in [0, 0.1) is 0 Å². The molecule has 0 saturated carbocycles. The Morgan fingerprint density at radius 1 is 1.17 bits per heavy atom. The summed E-state index contributed by atoms with van der Waals surface area (Å²) in [5.74, 6) is 0.660. The van der Waals surface area contributed by atoms with Crippen molar-refractivity contribution >= 4 is 26.5 Å². The van der Waals surface area contributed by atoms with Crippen LogP contribution in [0.5, 0.6) is 5.75 Å². The number of ether oxygens (including phenoxy) is 1. The Morgan fingerprint density at radius 3 is 2.38 bits per heavy atom. The average molecular weight is 370 g/mol. The molecule has 0 amide bonds. The molecular weight excluding hydrogens is 346 g/mol. The number of hydrogen-bond donors (Lipinski definition) is 1. The Morgan fingerprint density at radius 2 is 1.83 bits per heavy atom. The van der Waals surface area contributed by atoms with Crippen molar-refractivity contribution in [2.75, 3.05) is 11.3 Å². The van der Waals surface area contributed by atoms with Gasteiger partial charge in [0.1, 0.15) is 10.8 Å². The van der Waals surface area contributed by atoms with Crippen LogP contribution >= 0.6 is 11.3 Å². The van der Waals surface area contributed by atoms with Gasteiger partial charge in [0.15, 0.2) is 0 Å². The molecule has 0 fully saturated rings. The lowest BCUT2D eigenvalue weighted by atomic mass is 9.98. The predicted molar refractivity (Wildman–Crippen MR) is 96.3 cm³/mol. The first-order chi connectivity index (χ1) is 11.2. The molecule has 132 valence electrons. The van der Waals surface area contributed by atoms with Crippen LogP contribution in [0.1, 0.15) is 45.5 Å². The van der Waals surface area contributed by atoms with E-state index in [1.165, 1.54) is 23.5 Å². The minimum atomic E-state index is -3.69. The van der Waals surface area contributed by atoms with E-state index in [-0.39, 0.29) is 15.4 Å². The maximum absolute atomic E-state index is 12.4. The van der Waals surface area contributed by atoms with E-state index >= 15 is 0 Å². The summed E-state index contributed by atoms with van der Waals surface area (Å²) in [5, 5.41) is 9.00. The Kier molecular flexibility index (Phi) is 5.82. The van der Waals surface area contributed by atoms with Crippen molar-refractivity contribution in [2.45, 2.75) is 50.8 Å². The van der Waals surface area contributed by atoms with Gasteiger partial charge in [-0.3, -0.25) is 4.72 Å². The second kappa shape index (κ2) is 7.48. The minimum Gasteiger partial charge on any atom is -0.494 e. The molecule has 2 aromatic rings. The summed E-state index contributed by atoms with van der Waals surface area (Å²) in [6, 6.07) is 6.36. The zero-order valence-corrected chi connectivity index (χ0v) is 16.0. The molecule has 0 bridgehead atoms. The molecule has 1 N–H and O–H groups in total. The largest absolute Gasteiger partial charge is 0.494 e. The first kappa shape index (κ1) is 18.7. The molecule has 8 heteroatoms. The summed E-state index contributed by atoms with van der Waals surface area (Å²) in [5.41, 5.74) is -0.168. The standard InChI is InChI=1S/C16H23N3O3S2/c1-5-6-11-22-12-7-9-13(10-8-12)24(20,21)19-15-18-17-14(23-15)16(2,3)4/h7-10H,5-6,11H2,1-4H3,(H,18,19). The second-order valence-corrected chi connectivity index (χ2v) is 9.10. The topological polar surface area (TPSA) is 81.2 Å². The summed E-state index contributed by atoms with van der Waals surface area (Å²) < 4.78 is 32.9. The molecule has 2 rings (SSSR count). The predicted octanol–water partition coefficient (Wildman–Crippen LogP) is 3.82. The van der Waals surface area contributed by atoms with Gasteiger partial charge in [0.05, 0.1) is 11.5 Å². The summed E-state index contributed by atoms with van der Waals surface area (Å²) >= 11 is 1.24. The Hall–Kier alpha value is -1.67. The van der Waals surface area contributed by atoms with E-state index in [4.69, 9.17) is 4.74 Å². The fourth-order valence-electron chi connectivity index (χ4n) is 1.79. The molecule has 0 saturated heterocycles. The van der Waals surface area contributed by atoms with Gasteiger partial charge in [-0.15, -0.1) is 10.2 Å². The van der Waals surface area contributed by atoms with Crippen molar-refractivity contribution in [1.82, 2.24) is 10.2 Å². The smallest absolute Gasteiger partial charge is 0.263 e. The van der Waals surface area contributed by atoms with Crippen molar-refractivity contribution in [3.8, 4) is 5.75 Å². The number of anilines is 1. The number of nitrogens with one attached hydrogen (secondary N) is 1. The molecule has 0 aliphatic rings. The van der Waals surface area contributed by atoms with Crippen molar-refractivity contribution in [2.24, 2.45) is 0 Å². The van der Waals surface area contributed by atoms with E-state index in [2.05, 4.69) is 21.8 Å². The third-order valence-corrected chi connectivity index (χ3v) is 5.94. The maximum atomic E-state index is 12.4. The summed E-state index contributed by atoms with van der Waals surface area (Å²) in [6.45, 7) is 8.72. The second-order valence-electron chi connectivity index (χ2n) is 6.44. The van der Waals surface area contributed by atoms with E-state index in [0.29, 0.717) is 12.4 Å². The van der Waals surface area contributed by atoms with Crippen molar-refractivity contribution in [3.05, 3.63) is 29.3 Å². The van der Waals surface area contributed by atoms with Crippen LogP contribution in [0.25, 0.3) is 0 Å². The molecular formula is C16H23N3O3S2. The Balaban J connectivity index is 2.08. The highest BCUT2D eigenvalue weighted by atomic mass is 32.2. The Bertz CT molecular complexity index is 763. The third-order valence-electron chi connectivity index (χ3n) is 3.19. The van der Waals surface area contributed by atoms with Crippen molar-refractivity contribution < 1.29 is 13.2 Å². The van der Waals surface area contributed by atoms with Crippen LogP contribution in [-0.2, 0) is 15.4 Å². The molecule has 0 radical (unpaired) electrons. The van der Waals surface area contributed by atoms with Gasteiger partial charge in [0.2, 0.25) is 5.13 Å². The van der Waals surface area contributed by atoms with E-state index in [1.807, 2.05) is 20.8 Å². The Labute approximate surface area is 147 Å². The van der Waals surface area contributed by atoms with Crippen LogP contribution < -0.4 is 9.46 Å². The van der Waals surface area contributed by atoms with E-state index < -0.39 is 10.0 Å². The molecule has 1 heterocycles. The van der Waals surface area contributed by atoms with E-state index in [0.717, 1.165) is 17.8 Å². The highest BCUT2D eigenvalue weighted by Gasteiger charge is 2.22. The summed E-state index contributed by atoms with van der Waals surface area (Å²) in [4.78, 5) is 0.165. The van der Waals surface area contributed by atoms with Crippen molar-refractivity contribution in [1.29, 1.82) is 0 Å². The maximum Gasteiger partial charge on any atom is 0.263 e. The zero-order valence-electron chi connectivity index (χ0n) is 14.4. The first-order valence-corrected chi connectivity index (χ1v) is 10.1. The number of hydrogen-bond acceptors (Lipinski definition) is 6. The summed E-state index contributed by atoms with van der Waals surface area (Å²) in [7, 11) is -3.69. The lowest BCUT2D eigenvalue weighted by Crippen LogP contribution is -2.12. The quantitative estimate of drug-likeness (QED) is 0.751. The van der Waals surface area contributed by atoms with Gasteiger partial charge in [-0.2, -0.15) is 0 Å². The van der Waals surface area contributed by atoms with Crippen LogP contribution in [0.4, 0.5) is 5.13 Å². The number of unbranched alkanes of at least 4 members (excludes halogenated alkanes) is 1. The van der Waals surface area contributed by atoms with E-state index in [9.17, 15) is 8.42 Å². The normalized spacial score (nSPS) is 12.2. The minimum absolute atomic E-state index is 0.165. The third kappa shape index (κ3) is 4.91. The molecule has 0 unspecified atom stereocenters. The fourth-order valence-corrected chi connectivity index (χ4v) is 3.82. The fraction of sp³-hybridized carbons (Fsp3) is 0.500. The average Bonchev–Trinajstić information content (AvgIpc) is 2.96. The van der Waals surface area contributed by atoms with Gasteiger partial charge in [-0.25, -0.2) is 8.42 Å². The van der Waals surface area contributed by atoms with Crippen LogP contribution in [0.2, 0.25) is 0 Å². The molecule has 0 spiro atoms. The number of rotatable bonds is 7. The lowest BCUT2D eigenvalue weighted by molar-refractivity contribution is 0.309. The van der Waals surface area contributed by atoms with Crippen molar-refractivity contribution in [3.63, 3.8) is 0 Å². The molecule has 0 aliphatic heterocycles. The number of nitrogens with zero attached hydrogens (tertiary/aromatic N) is 2. The number of aromatic nitrogens is 2. The van der Waals surface area contributed by atoms with Gasteiger partial charge in [0, 0.05) is 5.41 Å². The lowest BCUT2D eigenvalue weighted by Gasteiger charge is -2.12. The van der Waals surface area contributed by atoms with Gasteiger partial charge in [-0.05, 0) is 30.7 Å². The van der Waals surface area contributed by atoms with Gasteiger partial charge < -0.3 is 4.74 Å². The van der Waals surface area contributed by atoms with Crippen LogP contribution in [-0.4, -0.2) is 25.2 Å². The van der Waals surface area contributed by atoms with Crippen LogP contribution in [0.3, 0.4) is 0 Å². The number of benzene rings is 1. The summed E-state index contributed by atoms with van der Waals surface area (Å²) in [6.07, 6.45) is 2.02. The molecule has 0 aliphatic carbocycles. The highest BCUT2D eigenvalue weighted by Crippen LogP contribution is 2.29. The van der Waals surface area contributed by atoms with Crippen LogP contribution in [0.15, 0.2) is 29.2 Å². The zero-order chi connectivity index (χ0) is 17.8. The van der Waals surface area contributed by atoms with Gasteiger partial charge >= 0.3 is 0 Å². The van der Waals surface area contributed by atoms with Gasteiger partial charge in [0.25, 0.3) is 10.0 Å². The molecule has 0 atom stereocenters. The highest BCUT2D eigenvalue weighted by molar-refractivity contribution is 7.93.